The molecule has 0 aromatic heterocycles. The number of halogens is 1. The molecular formula is C14H22ClN. The van der Waals surface area contributed by atoms with Crippen LogP contribution in [0.25, 0.3) is 0 Å². The van der Waals surface area contributed by atoms with Gasteiger partial charge >= 0.3 is 0 Å². The highest BCUT2D eigenvalue weighted by molar-refractivity contribution is 6.31. The Kier molecular flexibility index (Phi) is 6.51. The molecule has 1 rings (SSSR count). The van der Waals surface area contributed by atoms with E-state index in [1.54, 1.807) is 0 Å². The fourth-order valence-electron chi connectivity index (χ4n) is 1.94. The maximum atomic E-state index is 6.17. The van der Waals surface area contributed by atoms with E-state index < -0.39 is 0 Å². The average molecular weight is 240 g/mol. The van der Waals surface area contributed by atoms with Crippen LogP contribution in [0.1, 0.15) is 38.7 Å². The zero-order chi connectivity index (χ0) is 11.8. The van der Waals surface area contributed by atoms with E-state index in [2.05, 4.69) is 31.3 Å². The second-order valence-electron chi connectivity index (χ2n) is 4.19. The Hall–Kier alpha value is -0.530. The Morgan fingerprint density at radius 3 is 2.62 bits per heavy atom. The van der Waals surface area contributed by atoms with Crippen LogP contribution >= 0.6 is 11.6 Å². The van der Waals surface area contributed by atoms with Crippen molar-refractivity contribution >= 4 is 11.6 Å². The van der Waals surface area contributed by atoms with Crippen LogP contribution in [0, 0.1) is 0 Å². The van der Waals surface area contributed by atoms with E-state index >= 15 is 0 Å². The van der Waals surface area contributed by atoms with Crippen molar-refractivity contribution in [2.75, 3.05) is 6.54 Å². The molecule has 1 N–H and O–H groups in total. The van der Waals surface area contributed by atoms with Crippen LogP contribution in [-0.4, -0.2) is 12.6 Å². The summed E-state index contributed by atoms with van der Waals surface area (Å²) in [6.07, 6.45) is 4.80. The first-order valence-electron chi connectivity index (χ1n) is 6.24. The van der Waals surface area contributed by atoms with Crippen molar-refractivity contribution in [1.82, 2.24) is 5.32 Å². The van der Waals surface area contributed by atoms with Gasteiger partial charge in [0.05, 0.1) is 0 Å². The highest BCUT2D eigenvalue weighted by atomic mass is 35.5. The van der Waals surface area contributed by atoms with Gasteiger partial charge in [0.25, 0.3) is 0 Å². The van der Waals surface area contributed by atoms with Gasteiger partial charge in [0, 0.05) is 11.1 Å². The lowest BCUT2D eigenvalue weighted by molar-refractivity contribution is 0.473. The summed E-state index contributed by atoms with van der Waals surface area (Å²) in [7, 11) is 0. The smallest absolute Gasteiger partial charge is 0.0438 e. The van der Waals surface area contributed by atoms with Gasteiger partial charge < -0.3 is 5.32 Å². The second-order valence-corrected chi connectivity index (χ2v) is 4.60. The first-order valence-corrected chi connectivity index (χ1v) is 6.62. The highest BCUT2D eigenvalue weighted by Gasteiger charge is 2.09. The fourth-order valence-corrected chi connectivity index (χ4v) is 2.16. The van der Waals surface area contributed by atoms with Gasteiger partial charge in [0.1, 0.15) is 0 Å². The predicted octanol–water partition coefficient (Wildman–Crippen LogP) is 4.05. The van der Waals surface area contributed by atoms with Crippen LogP contribution in [0.2, 0.25) is 5.02 Å². The molecular weight excluding hydrogens is 218 g/mol. The normalized spacial score (nSPS) is 12.7. The Morgan fingerprint density at radius 2 is 2.00 bits per heavy atom. The lowest BCUT2D eigenvalue weighted by atomic mass is 10.0. The van der Waals surface area contributed by atoms with Crippen LogP contribution < -0.4 is 5.32 Å². The van der Waals surface area contributed by atoms with E-state index in [0.717, 1.165) is 18.0 Å². The molecule has 0 fully saturated rings. The lowest BCUT2D eigenvalue weighted by Gasteiger charge is -2.18. The van der Waals surface area contributed by atoms with Gasteiger partial charge in [0.15, 0.2) is 0 Å². The Balaban J connectivity index is 2.56. The van der Waals surface area contributed by atoms with Crippen molar-refractivity contribution in [2.45, 2.75) is 45.6 Å². The molecule has 0 saturated carbocycles. The second kappa shape index (κ2) is 7.70. The topological polar surface area (TPSA) is 12.0 Å². The zero-order valence-corrected chi connectivity index (χ0v) is 11.1. The Bertz CT molecular complexity index is 299. The third-order valence-corrected chi connectivity index (χ3v) is 3.19. The van der Waals surface area contributed by atoms with E-state index in [-0.39, 0.29) is 0 Å². The molecule has 0 amide bonds. The van der Waals surface area contributed by atoms with E-state index in [1.165, 1.54) is 24.8 Å². The highest BCUT2D eigenvalue weighted by Crippen LogP contribution is 2.18. The van der Waals surface area contributed by atoms with Crippen molar-refractivity contribution in [3.05, 3.63) is 34.9 Å². The zero-order valence-electron chi connectivity index (χ0n) is 10.3. The van der Waals surface area contributed by atoms with Gasteiger partial charge in [-0.05, 0) is 31.0 Å². The van der Waals surface area contributed by atoms with Gasteiger partial charge in [0.2, 0.25) is 0 Å². The number of hydrogen-bond acceptors (Lipinski definition) is 1. The Labute approximate surface area is 104 Å². The van der Waals surface area contributed by atoms with Gasteiger partial charge in [-0.2, -0.15) is 0 Å². The molecule has 0 bridgehead atoms. The summed E-state index contributed by atoms with van der Waals surface area (Å²) in [6.45, 7) is 5.42. The summed E-state index contributed by atoms with van der Waals surface area (Å²) in [5.74, 6) is 0. The molecule has 0 aliphatic heterocycles. The fraction of sp³-hybridized carbons (Fsp3) is 0.571. The lowest BCUT2D eigenvalue weighted by Crippen LogP contribution is -2.30. The number of unbranched alkanes of at least 4 members (excludes halogenated alkanes) is 1. The summed E-state index contributed by atoms with van der Waals surface area (Å²) < 4.78 is 0. The minimum absolute atomic E-state index is 0.560. The van der Waals surface area contributed by atoms with Gasteiger partial charge in [-0.15, -0.1) is 0 Å². The maximum absolute atomic E-state index is 6.17. The maximum Gasteiger partial charge on any atom is 0.0438 e. The molecule has 2 heteroatoms. The average Bonchev–Trinajstić information content (AvgIpc) is 2.29. The number of rotatable bonds is 7. The molecule has 90 valence electrons. The van der Waals surface area contributed by atoms with Crippen molar-refractivity contribution in [2.24, 2.45) is 0 Å². The SMILES string of the molecule is CCCCC(Cc1ccccc1Cl)NCC. The van der Waals surface area contributed by atoms with Gasteiger partial charge in [-0.3, -0.25) is 0 Å². The summed E-state index contributed by atoms with van der Waals surface area (Å²) in [5.41, 5.74) is 1.26. The van der Waals surface area contributed by atoms with Crippen molar-refractivity contribution in [3.63, 3.8) is 0 Å². The minimum Gasteiger partial charge on any atom is -0.314 e. The number of benzene rings is 1. The summed E-state index contributed by atoms with van der Waals surface area (Å²) in [5, 5.41) is 4.43. The molecule has 0 aliphatic carbocycles. The van der Waals surface area contributed by atoms with Crippen LogP contribution in [0.4, 0.5) is 0 Å². The van der Waals surface area contributed by atoms with E-state index in [9.17, 15) is 0 Å². The number of nitrogens with one attached hydrogen (secondary N) is 1. The van der Waals surface area contributed by atoms with Crippen LogP contribution in [0.5, 0.6) is 0 Å². The summed E-state index contributed by atoms with van der Waals surface area (Å²) >= 11 is 6.17. The molecule has 0 aliphatic rings. The van der Waals surface area contributed by atoms with E-state index in [4.69, 9.17) is 11.6 Å². The summed E-state index contributed by atoms with van der Waals surface area (Å²) in [6, 6.07) is 8.70. The first kappa shape index (κ1) is 13.5. The van der Waals surface area contributed by atoms with E-state index in [0.29, 0.717) is 6.04 Å². The van der Waals surface area contributed by atoms with Crippen molar-refractivity contribution < 1.29 is 0 Å². The molecule has 1 nitrogen and oxygen atoms in total. The molecule has 1 aromatic rings. The molecule has 1 unspecified atom stereocenters. The Morgan fingerprint density at radius 1 is 1.25 bits per heavy atom. The van der Waals surface area contributed by atoms with Crippen LogP contribution in [0.15, 0.2) is 24.3 Å². The van der Waals surface area contributed by atoms with Crippen LogP contribution in [-0.2, 0) is 6.42 Å². The molecule has 0 heterocycles. The molecule has 1 atom stereocenters. The standard InChI is InChI=1S/C14H22ClN/c1-3-5-9-13(16-4-2)11-12-8-6-7-10-14(12)15/h6-8,10,13,16H,3-5,9,11H2,1-2H3. The third-order valence-electron chi connectivity index (χ3n) is 2.82. The van der Waals surface area contributed by atoms with Crippen LogP contribution in [0.3, 0.4) is 0 Å². The quantitative estimate of drug-likeness (QED) is 0.757. The minimum atomic E-state index is 0.560. The largest absolute Gasteiger partial charge is 0.314 e. The number of hydrogen-bond donors (Lipinski definition) is 1. The molecule has 0 saturated heterocycles. The first-order chi connectivity index (χ1) is 7.77. The third kappa shape index (κ3) is 4.54. The van der Waals surface area contributed by atoms with Crippen molar-refractivity contribution in [3.8, 4) is 0 Å². The predicted molar refractivity (Wildman–Crippen MR) is 72.1 cm³/mol. The van der Waals surface area contributed by atoms with Crippen molar-refractivity contribution in [1.29, 1.82) is 0 Å². The monoisotopic (exact) mass is 239 g/mol. The number of likely N-dealkylation sites (N-methyl/N-ethyl adjacent to an activating group) is 1. The van der Waals surface area contributed by atoms with Gasteiger partial charge in [-0.1, -0.05) is 56.5 Å². The van der Waals surface area contributed by atoms with E-state index in [1.807, 2.05) is 12.1 Å². The van der Waals surface area contributed by atoms with Gasteiger partial charge in [-0.25, -0.2) is 0 Å². The molecule has 1 aromatic carbocycles. The molecule has 16 heavy (non-hydrogen) atoms. The molecule has 0 radical (unpaired) electrons. The summed E-state index contributed by atoms with van der Waals surface area (Å²) in [4.78, 5) is 0. The molecule has 0 spiro atoms.